The van der Waals surface area contributed by atoms with Crippen molar-refractivity contribution in [2.75, 3.05) is 0 Å². The zero-order chi connectivity index (χ0) is 19.9. The molecule has 0 aromatic heterocycles. The van der Waals surface area contributed by atoms with Gasteiger partial charge in [0.05, 0.1) is 0 Å². The molecule has 1 aromatic rings. The van der Waals surface area contributed by atoms with Crippen LogP contribution in [0.25, 0.3) is 0 Å². The topological polar surface area (TPSA) is 9.23 Å². The molecule has 0 radical (unpaired) electrons. The molecule has 0 atom stereocenters. The Kier molecular flexibility index (Phi) is 9.97. The van der Waals surface area contributed by atoms with Gasteiger partial charge in [-0.3, -0.25) is 0 Å². The van der Waals surface area contributed by atoms with Crippen LogP contribution in [0.4, 0.5) is 0 Å². The summed E-state index contributed by atoms with van der Waals surface area (Å²) in [6.45, 7) is 21.5. The third-order valence-electron chi connectivity index (χ3n) is 5.96. The summed E-state index contributed by atoms with van der Waals surface area (Å²) in [6, 6.07) is 6.89. The van der Waals surface area contributed by atoms with Gasteiger partial charge in [-0.2, -0.15) is 0 Å². The van der Waals surface area contributed by atoms with Crippen molar-refractivity contribution < 1.29 is 21.1 Å². The van der Waals surface area contributed by atoms with Gasteiger partial charge >= 0.3 is 170 Å². The molecule has 6 heteroatoms. The molecule has 2 rings (SSSR count). The van der Waals surface area contributed by atoms with Crippen molar-refractivity contribution in [3.63, 3.8) is 0 Å². The Morgan fingerprint density at radius 1 is 1.00 bits per heavy atom. The Morgan fingerprint density at radius 2 is 1.57 bits per heavy atom. The van der Waals surface area contributed by atoms with Gasteiger partial charge in [0.1, 0.15) is 0 Å². The van der Waals surface area contributed by atoms with Crippen LogP contribution >= 0.6 is 24.8 Å². The van der Waals surface area contributed by atoms with E-state index in [0.29, 0.717) is 5.04 Å². The number of allylic oxidation sites excluding steroid dienone is 4. The maximum absolute atomic E-state index is 6.56. The Hall–Kier alpha value is 0.0981. The van der Waals surface area contributed by atoms with E-state index < -0.39 is 33.9 Å². The van der Waals surface area contributed by atoms with Crippen LogP contribution in [-0.4, -0.2) is 21.0 Å². The molecule has 1 aromatic carbocycles. The summed E-state index contributed by atoms with van der Waals surface area (Å²) >= 11 is -1.97. The van der Waals surface area contributed by atoms with Gasteiger partial charge in [-0.25, -0.2) is 0 Å². The molecule has 0 unspecified atom stereocenters. The van der Waals surface area contributed by atoms with Crippen LogP contribution in [0.2, 0.25) is 37.8 Å². The summed E-state index contributed by atoms with van der Waals surface area (Å²) in [5, 5.41) is 3.40. The van der Waals surface area contributed by atoms with E-state index in [0.717, 1.165) is 12.2 Å². The number of rotatable bonds is 5. The summed E-state index contributed by atoms with van der Waals surface area (Å²) in [6.07, 6.45) is 5.71. The molecular weight excluding hydrogens is 455 g/mol. The number of aryl methyl sites for hydroxylation is 1. The van der Waals surface area contributed by atoms with Gasteiger partial charge < -0.3 is 0 Å². The standard InChI is InChI=1S/C13H22OSi.C8H13Si.CH2.2ClH.Ti/c1-10-7-11(14)9-12(8-10)15(5,6)13(2,3)4;1-9(2,3)8-6-4-5-7-8;;;;/h7-9,14H,1-6H3;4,6H,5H2,1-3H3;1H2;2*1H;/q;;;;;+1/p-1. The monoisotopic (exact) mass is 492 g/mol. The molecule has 0 bridgehead atoms. The van der Waals surface area contributed by atoms with E-state index in [1.54, 1.807) is 9.07 Å². The quantitative estimate of drug-likeness (QED) is 0.402. The van der Waals surface area contributed by atoms with E-state index in [-0.39, 0.29) is 24.8 Å². The van der Waals surface area contributed by atoms with E-state index >= 15 is 0 Å². The first kappa shape index (κ1) is 28.1. The van der Waals surface area contributed by atoms with Crippen LogP contribution in [0.15, 0.2) is 39.4 Å². The molecule has 0 saturated carbocycles. The zero-order valence-corrected chi connectivity index (χ0v) is 24.2. The molecule has 1 aliphatic rings. The van der Waals surface area contributed by atoms with Crippen molar-refractivity contribution in [3.05, 3.63) is 45.0 Å². The molecule has 0 amide bonds. The Labute approximate surface area is 193 Å². The molecule has 0 aliphatic heterocycles. The minimum absolute atomic E-state index is 0. The molecule has 28 heavy (non-hydrogen) atoms. The van der Waals surface area contributed by atoms with Crippen LogP contribution in [0.1, 0.15) is 32.8 Å². The summed E-state index contributed by atoms with van der Waals surface area (Å²) in [7, 11) is -2.89. The van der Waals surface area contributed by atoms with Crippen LogP contribution in [0.5, 0.6) is 5.75 Å². The second-order valence-electron chi connectivity index (χ2n) is 10.2. The zero-order valence-electron chi connectivity index (χ0n) is 19.0. The van der Waals surface area contributed by atoms with Gasteiger partial charge in [0.15, 0.2) is 0 Å². The molecular formula is C22H38Cl2OSi2Ti. The number of benzene rings is 1. The molecule has 158 valence electrons. The molecule has 0 N–H and O–H groups in total. The van der Waals surface area contributed by atoms with Crippen molar-refractivity contribution in [1.29, 1.82) is 0 Å². The number of hydrogen-bond acceptors (Lipinski definition) is 1. The van der Waals surface area contributed by atoms with Crippen LogP contribution < -0.4 is 8.51 Å². The first-order chi connectivity index (χ1) is 11.7. The van der Waals surface area contributed by atoms with Gasteiger partial charge in [-0.1, -0.05) is 0 Å². The molecule has 0 spiro atoms. The maximum atomic E-state index is 6.56. The van der Waals surface area contributed by atoms with Crippen LogP contribution in [0, 0.1) is 6.92 Å². The average molecular weight is 493 g/mol. The first-order valence-corrected chi connectivity index (χ1v) is 18.7. The van der Waals surface area contributed by atoms with E-state index in [2.05, 4.69) is 95.6 Å². The molecule has 0 saturated heterocycles. The fourth-order valence-corrected chi connectivity index (χ4v) is 11.2. The van der Waals surface area contributed by atoms with Gasteiger partial charge in [-0.05, 0) is 0 Å². The molecule has 1 aliphatic carbocycles. The SMILES string of the molecule is Cl.Cl.[CH2]=[Ti]([O]c1cc(C)cc([Si](C)(C)C(C)(C)C)c1)[C]1=C([Si](C)(C)C)C=CC1. The fourth-order valence-electron chi connectivity index (χ4n) is 3.28. The van der Waals surface area contributed by atoms with Crippen molar-refractivity contribution in [1.82, 2.24) is 0 Å². The van der Waals surface area contributed by atoms with Gasteiger partial charge in [0, 0.05) is 0 Å². The third-order valence-corrected chi connectivity index (χ3v) is 16.5. The van der Waals surface area contributed by atoms with E-state index in [4.69, 9.17) is 3.32 Å². The second-order valence-corrected chi connectivity index (χ2v) is 23.1. The molecule has 1 nitrogen and oxygen atoms in total. The summed E-state index contributed by atoms with van der Waals surface area (Å²) in [5.74, 6) is 1.05. The minimum atomic E-state index is -1.97. The van der Waals surface area contributed by atoms with Crippen LogP contribution in [-0.2, 0) is 17.8 Å². The molecule has 0 fully saturated rings. The Balaban J connectivity index is 0.00000364. The second kappa shape index (κ2) is 9.94. The Morgan fingerprint density at radius 3 is 2.07 bits per heavy atom. The van der Waals surface area contributed by atoms with E-state index in [1.807, 2.05) is 0 Å². The van der Waals surface area contributed by atoms with Crippen LogP contribution in [0.3, 0.4) is 0 Å². The van der Waals surface area contributed by atoms with Gasteiger partial charge in [0.2, 0.25) is 0 Å². The first-order valence-electron chi connectivity index (χ1n) is 9.63. The van der Waals surface area contributed by atoms with Gasteiger partial charge in [-0.15, -0.1) is 24.8 Å². The average Bonchev–Trinajstić information content (AvgIpc) is 2.94. The van der Waals surface area contributed by atoms with Crippen molar-refractivity contribution in [2.24, 2.45) is 0 Å². The van der Waals surface area contributed by atoms with E-state index in [1.165, 1.54) is 10.8 Å². The van der Waals surface area contributed by atoms with Crippen molar-refractivity contribution >= 4 is 51.0 Å². The number of halogens is 2. The summed E-state index contributed by atoms with van der Waals surface area (Å²) < 4.78 is 8.10. The predicted octanol–water partition coefficient (Wildman–Crippen LogP) is 6.99. The van der Waals surface area contributed by atoms with Gasteiger partial charge in [0.25, 0.3) is 0 Å². The molecule has 0 heterocycles. The third kappa shape index (κ3) is 6.30. The normalized spacial score (nSPS) is 14.5. The van der Waals surface area contributed by atoms with E-state index in [9.17, 15) is 0 Å². The van der Waals surface area contributed by atoms with Crippen molar-refractivity contribution in [2.45, 2.75) is 71.9 Å². The number of hydrogen-bond donors (Lipinski definition) is 0. The summed E-state index contributed by atoms with van der Waals surface area (Å²) in [5.41, 5.74) is 1.30. The Bertz CT molecular complexity index is 785. The summed E-state index contributed by atoms with van der Waals surface area (Å²) in [4.78, 5) is 4.53. The van der Waals surface area contributed by atoms with Crippen molar-refractivity contribution in [3.8, 4) is 5.75 Å². The fraction of sp³-hybridized carbons (Fsp3) is 0.500. The predicted molar refractivity (Wildman–Crippen MR) is 134 cm³/mol.